The van der Waals surface area contributed by atoms with Crippen LogP contribution in [0.25, 0.3) is 0 Å². The number of carbonyl (C=O) groups is 1. The molecule has 0 aliphatic carbocycles. The fourth-order valence-corrected chi connectivity index (χ4v) is 3.85. The van der Waals surface area contributed by atoms with E-state index in [0.717, 1.165) is 32.5 Å². The van der Waals surface area contributed by atoms with Gasteiger partial charge in [0.2, 0.25) is 5.91 Å². The number of hydrogen-bond acceptors (Lipinski definition) is 2. The van der Waals surface area contributed by atoms with Crippen LogP contribution in [-0.2, 0) is 17.9 Å². The Morgan fingerprint density at radius 2 is 1.63 bits per heavy atom. The number of likely N-dealkylation sites (tertiary alicyclic amines) is 1. The van der Waals surface area contributed by atoms with E-state index >= 15 is 0 Å². The van der Waals surface area contributed by atoms with E-state index in [1.165, 1.54) is 16.7 Å². The maximum atomic E-state index is 12.8. The van der Waals surface area contributed by atoms with Crippen molar-refractivity contribution in [3.8, 4) is 0 Å². The number of carbonyl (C=O) groups excluding carboxylic acids is 1. The van der Waals surface area contributed by atoms with Gasteiger partial charge in [0.15, 0.2) is 0 Å². The van der Waals surface area contributed by atoms with Gasteiger partial charge in [0, 0.05) is 26.1 Å². The van der Waals surface area contributed by atoms with Crippen molar-refractivity contribution >= 4 is 5.91 Å². The molecule has 3 rings (SSSR count). The summed E-state index contributed by atoms with van der Waals surface area (Å²) in [6.07, 6.45) is 1.92. The van der Waals surface area contributed by atoms with E-state index < -0.39 is 0 Å². The summed E-state index contributed by atoms with van der Waals surface area (Å²) in [6.45, 7) is 8.14. The highest BCUT2D eigenvalue weighted by molar-refractivity contribution is 5.78. The molecular weight excluding hydrogens is 332 g/mol. The second-order valence-electron chi connectivity index (χ2n) is 8.13. The minimum absolute atomic E-state index is 0.165. The monoisotopic (exact) mass is 364 g/mol. The third kappa shape index (κ3) is 5.43. The van der Waals surface area contributed by atoms with Gasteiger partial charge in [-0.2, -0.15) is 0 Å². The van der Waals surface area contributed by atoms with Gasteiger partial charge in [-0.05, 0) is 48.5 Å². The lowest BCUT2D eigenvalue weighted by Crippen LogP contribution is -2.40. The van der Waals surface area contributed by atoms with Gasteiger partial charge in [-0.1, -0.05) is 68.4 Å². The van der Waals surface area contributed by atoms with E-state index in [1.807, 2.05) is 30.1 Å². The molecule has 1 amide bonds. The Labute approximate surface area is 164 Å². The highest BCUT2D eigenvalue weighted by atomic mass is 16.2. The molecule has 0 atom stereocenters. The molecular formula is C24H32N2O. The molecule has 3 heteroatoms. The lowest BCUT2D eigenvalue weighted by molar-refractivity contribution is -0.136. The van der Waals surface area contributed by atoms with Crippen LogP contribution in [0.3, 0.4) is 0 Å². The number of amides is 1. The van der Waals surface area contributed by atoms with Crippen LogP contribution in [0.5, 0.6) is 0 Å². The quantitative estimate of drug-likeness (QED) is 0.743. The Hall–Kier alpha value is -2.13. The highest BCUT2D eigenvalue weighted by Gasteiger charge is 2.27. The zero-order valence-corrected chi connectivity index (χ0v) is 16.9. The minimum atomic E-state index is 0.165. The molecule has 0 aromatic heterocycles. The van der Waals surface area contributed by atoms with Crippen LogP contribution >= 0.6 is 0 Å². The average Bonchev–Trinajstić information content (AvgIpc) is 2.69. The van der Waals surface area contributed by atoms with Crippen molar-refractivity contribution < 1.29 is 4.79 Å². The summed E-state index contributed by atoms with van der Waals surface area (Å²) in [6, 6.07) is 19.2. The van der Waals surface area contributed by atoms with Gasteiger partial charge in [0.25, 0.3) is 0 Å². The maximum Gasteiger partial charge on any atom is 0.225 e. The van der Waals surface area contributed by atoms with E-state index in [1.54, 1.807) is 0 Å². The van der Waals surface area contributed by atoms with Crippen LogP contribution in [-0.4, -0.2) is 35.8 Å². The molecule has 2 aromatic rings. The number of benzene rings is 2. The Kier molecular flexibility index (Phi) is 6.68. The highest BCUT2D eigenvalue weighted by Crippen LogP contribution is 2.22. The molecule has 1 heterocycles. The molecule has 0 spiro atoms. The third-order valence-corrected chi connectivity index (χ3v) is 5.63. The molecule has 27 heavy (non-hydrogen) atoms. The van der Waals surface area contributed by atoms with E-state index in [4.69, 9.17) is 0 Å². The predicted molar refractivity (Wildman–Crippen MR) is 111 cm³/mol. The standard InChI is InChI=1S/C24H32N2O/c1-19(2)22-11-9-21(10-12-22)18-26-15-13-23(14-16-26)24(27)25(3)17-20-7-5-4-6-8-20/h4-12,19,23H,13-18H2,1-3H3. The number of nitrogens with zero attached hydrogens (tertiary/aromatic N) is 2. The van der Waals surface area contributed by atoms with E-state index in [9.17, 15) is 4.79 Å². The zero-order valence-electron chi connectivity index (χ0n) is 16.9. The number of hydrogen-bond donors (Lipinski definition) is 0. The summed E-state index contributed by atoms with van der Waals surface area (Å²) in [5, 5.41) is 0. The van der Waals surface area contributed by atoms with Crippen LogP contribution < -0.4 is 0 Å². The van der Waals surface area contributed by atoms with Gasteiger partial charge < -0.3 is 4.90 Å². The summed E-state index contributed by atoms with van der Waals surface area (Å²) < 4.78 is 0. The fraction of sp³-hybridized carbons (Fsp3) is 0.458. The first-order valence-corrected chi connectivity index (χ1v) is 10.1. The largest absolute Gasteiger partial charge is 0.341 e. The first kappa shape index (κ1) is 19.6. The minimum Gasteiger partial charge on any atom is -0.341 e. The van der Waals surface area contributed by atoms with Crippen molar-refractivity contribution in [3.63, 3.8) is 0 Å². The van der Waals surface area contributed by atoms with Crippen molar-refractivity contribution in [2.45, 2.75) is 45.7 Å². The average molecular weight is 365 g/mol. The zero-order chi connectivity index (χ0) is 19.2. The topological polar surface area (TPSA) is 23.6 Å². The van der Waals surface area contributed by atoms with Crippen LogP contribution in [0, 0.1) is 5.92 Å². The van der Waals surface area contributed by atoms with Gasteiger partial charge in [-0.3, -0.25) is 9.69 Å². The predicted octanol–water partition coefficient (Wildman–Crippen LogP) is 4.68. The van der Waals surface area contributed by atoms with Crippen LogP contribution in [0.1, 0.15) is 49.3 Å². The molecule has 0 unspecified atom stereocenters. The number of piperidine rings is 1. The SMILES string of the molecule is CC(C)c1ccc(CN2CCC(C(=O)N(C)Cc3ccccc3)CC2)cc1. The van der Waals surface area contributed by atoms with Gasteiger partial charge in [-0.25, -0.2) is 0 Å². The van der Waals surface area contributed by atoms with Crippen molar-refractivity contribution in [2.24, 2.45) is 5.92 Å². The van der Waals surface area contributed by atoms with Crippen molar-refractivity contribution in [1.82, 2.24) is 9.80 Å². The molecule has 1 fully saturated rings. The molecule has 1 aliphatic rings. The molecule has 144 valence electrons. The van der Waals surface area contributed by atoms with Crippen molar-refractivity contribution in [1.29, 1.82) is 0 Å². The molecule has 2 aromatic carbocycles. The van der Waals surface area contributed by atoms with E-state index in [-0.39, 0.29) is 5.92 Å². The smallest absolute Gasteiger partial charge is 0.225 e. The third-order valence-electron chi connectivity index (χ3n) is 5.63. The molecule has 0 radical (unpaired) electrons. The lowest BCUT2D eigenvalue weighted by Gasteiger charge is -2.33. The Morgan fingerprint density at radius 1 is 1.00 bits per heavy atom. The van der Waals surface area contributed by atoms with Gasteiger partial charge in [0.05, 0.1) is 0 Å². The van der Waals surface area contributed by atoms with Crippen molar-refractivity contribution in [3.05, 3.63) is 71.3 Å². The summed E-state index contributed by atoms with van der Waals surface area (Å²) >= 11 is 0. The molecule has 0 saturated carbocycles. The summed E-state index contributed by atoms with van der Waals surface area (Å²) in [7, 11) is 1.93. The lowest BCUT2D eigenvalue weighted by atomic mass is 9.94. The molecule has 0 bridgehead atoms. The second kappa shape index (κ2) is 9.18. The van der Waals surface area contributed by atoms with E-state index in [2.05, 4.69) is 55.1 Å². The maximum absolute atomic E-state index is 12.8. The van der Waals surface area contributed by atoms with Gasteiger partial charge >= 0.3 is 0 Å². The summed E-state index contributed by atoms with van der Waals surface area (Å²) in [5.41, 5.74) is 3.95. The van der Waals surface area contributed by atoms with Gasteiger partial charge in [0.1, 0.15) is 0 Å². The Morgan fingerprint density at radius 3 is 2.22 bits per heavy atom. The van der Waals surface area contributed by atoms with Gasteiger partial charge in [-0.15, -0.1) is 0 Å². The molecule has 1 aliphatic heterocycles. The summed E-state index contributed by atoms with van der Waals surface area (Å²) in [4.78, 5) is 17.1. The van der Waals surface area contributed by atoms with Crippen LogP contribution in [0.4, 0.5) is 0 Å². The Bertz CT molecular complexity index is 716. The first-order chi connectivity index (χ1) is 13.0. The molecule has 1 saturated heterocycles. The number of rotatable bonds is 6. The molecule has 3 nitrogen and oxygen atoms in total. The molecule has 0 N–H and O–H groups in total. The fourth-order valence-electron chi connectivity index (χ4n) is 3.85. The van der Waals surface area contributed by atoms with Crippen LogP contribution in [0.2, 0.25) is 0 Å². The second-order valence-corrected chi connectivity index (χ2v) is 8.13. The van der Waals surface area contributed by atoms with Crippen molar-refractivity contribution in [2.75, 3.05) is 20.1 Å². The first-order valence-electron chi connectivity index (χ1n) is 10.1. The Balaban J connectivity index is 1.47. The van der Waals surface area contributed by atoms with E-state index in [0.29, 0.717) is 18.4 Å². The van der Waals surface area contributed by atoms with Crippen LogP contribution in [0.15, 0.2) is 54.6 Å². The normalized spacial score (nSPS) is 15.9. The summed E-state index contributed by atoms with van der Waals surface area (Å²) in [5.74, 6) is 1.03.